The first-order valence-electron chi connectivity index (χ1n) is 7.60. The van der Waals surface area contributed by atoms with Gasteiger partial charge in [0.05, 0.1) is 11.3 Å². The van der Waals surface area contributed by atoms with Crippen molar-refractivity contribution in [1.82, 2.24) is 14.9 Å². The van der Waals surface area contributed by atoms with E-state index in [4.69, 9.17) is 5.11 Å². The predicted molar refractivity (Wildman–Crippen MR) is 88.1 cm³/mol. The van der Waals surface area contributed by atoms with E-state index >= 15 is 0 Å². The van der Waals surface area contributed by atoms with Crippen molar-refractivity contribution in [3.05, 3.63) is 52.6 Å². The van der Waals surface area contributed by atoms with Gasteiger partial charge in [0, 0.05) is 36.2 Å². The fraction of sp³-hybridized carbons (Fsp3) is 0.375. The number of nitro benzene ring substituents is 1. The van der Waals surface area contributed by atoms with Gasteiger partial charge in [0.2, 0.25) is 0 Å². The molecule has 0 aliphatic heterocycles. The van der Waals surface area contributed by atoms with E-state index in [-0.39, 0.29) is 17.9 Å². The van der Waals surface area contributed by atoms with E-state index in [1.54, 1.807) is 6.20 Å². The normalized spacial score (nSPS) is 13.3. The van der Waals surface area contributed by atoms with Gasteiger partial charge in [0.15, 0.2) is 0 Å². The van der Waals surface area contributed by atoms with Crippen molar-refractivity contribution in [1.29, 1.82) is 0 Å². The molecule has 1 unspecified atom stereocenters. The molecular weight excluding hydrogens is 312 g/mol. The third-order valence-corrected chi connectivity index (χ3v) is 4.08. The van der Waals surface area contributed by atoms with Gasteiger partial charge in [-0.25, -0.2) is 4.98 Å². The SMILES string of the molecule is CCC(C)(CCO)NC(=O)c1ccc(-n2ccnc2)c([N+](=O)[O-])c1. The first kappa shape index (κ1) is 17.6. The van der Waals surface area contributed by atoms with E-state index in [2.05, 4.69) is 10.3 Å². The zero-order valence-corrected chi connectivity index (χ0v) is 13.6. The number of carbonyl (C=O) groups is 1. The minimum Gasteiger partial charge on any atom is -0.396 e. The van der Waals surface area contributed by atoms with Crippen LogP contribution >= 0.6 is 0 Å². The van der Waals surface area contributed by atoms with Gasteiger partial charge in [-0.3, -0.25) is 14.9 Å². The quantitative estimate of drug-likeness (QED) is 0.595. The molecule has 0 saturated heterocycles. The second-order valence-electron chi connectivity index (χ2n) is 5.77. The fourth-order valence-electron chi connectivity index (χ4n) is 2.35. The molecule has 1 heterocycles. The van der Waals surface area contributed by atoms with Gasteiger partial charge in [-0.05, 0) is 31.9 Å². The monoisotopic (exact) mass is 332 g/mol. The molecule has 1 aromatic heterocycles. The molecule has 1 amide bonds. The molecule has 1 atom stereocenters. The predicted octanol–water partition coefficient (Wildman–Crippen LogP) is 2.06. The van der Waals surface area contributed by atoms with Crippen LogP contribution in [0.3, 0.4) is 0 Å². The molecule has 8 nitrogen and oxygen atoms in total. The van der Waals surface area contributed by atoms with Crippen molar-refractivity contribution in [2.75, 3.05) is 6.61 Å². The number of benzene rings is 1. The van der Waals surface area contributed by atoms with E-state index in [0.29, 0.717) is 18.5 Å². The smallest absolute Gasteiger partial charge is 0.294 e. The summed E-state index contributed by atoms with van der Waals surface area (Å²) in [5.41, 5.74) is -0.212. The summed E-state index contributed by atoms with van der Waals surface area (Å²) in [4.78, 5) is 27.1. The van der Waals surface area contributed by atoms with Crippen molar-refractivity contribution >= 4 is 11.6 Å². The van der Waals surface area contributed by atoms with Crippen LogP contribution in [-0.4, -0.2) is 37.6 Å². The first-order valence-corrected chi connectivity index (χ1v) is 7.60. The van der Waals surface area contributed by atoms with E-state index in [9.17, 15) is 14.9 Å². The lowest BCUT2D eigenvalue weighted by atomic mass is 9.94. The molecule has 2 N–H and O–H groups in total. The average molecular weight is 332 g/mol. The van der Waals surface area contributed by atoms with Crippen molar-refractivity contribution in [2.24, 2.45) is 0 Å². The van der Waals surface area contributed by atoms with Gasteiger partial charge < -0.3 is 15.0 Å². The number of carbonyl (C=O) groups excluding carboxylic acids is 1. The van der Waals surface area contributed by atoms with Crippen molar-refractivity contribution in [2.45, 2.75) is 32.2 Å². The summed E-state index contributed by atoms with van der Waals surface area (Å²) in [6.07, 6.45) is 5.61. The van der Waals surface area contributed by atoms with Crippen LogP contribution in [-0.2, 0) is 0 Å². The molecule has 0 aliphatic rings. The lowest BCUT2D eigenvalue weighted by Crippen LogP contribution is -2.46. The van der Waals surface area contributed by atoms with E-state index < -0.39 is 16.4 Å². The van der Waals surface area contributed by atoms with Crippen LogP contribution in [0.5, 0.6) is 0 Å². The summed E-state index contributed by atoms with van der Waals surface area (Å²) in [6.45, 7) is 3.68. The number of hydrogen-bond donors (Lipinski definition) is 2. The molecule has 2 rings (SSSR count). The van der Waals surface area contributed by atoms with E-state index in [1.807, 2.05) is 13.8 Å². The number of nitrogens with one attached hydrogen (secondary N) is 1. The van der Waals surface area contributed by atoms with Gasteiger partial charge in [0.25, 0.3) is 11.6 Å². The summed E-state index contributed by atoms with van der Waals surface area (Å²) >= 11 is 0. The zero-order valence-electron chi connectivity index (χ0n) is 13.6. The highest BCUT2D eigenvalue weighted by molar-refractivity contribution is 5.95. The highest BCUT2D eigenvalue weighted by atomic mass is 16.6. The number of aromatic nitrogens is 2. The molecule has 0 spiro atoms. The molecule has 0 fully saturated rings. The summed E-state index contributed by atoms with van der Waals surface area (Å²) in [5.74, 6) is -0.409. The summed E-state index contributed by atoms with van der Waals surface area (Å²) in [6, 6.07) is 4.30. The number of rotatable bonds is 7. The second-order valence-corrected chi connectivity index (χ2v) is 5.77. The van der Waals surface area contributed by atoms with Crippen LogP contribution in [0.1, 0.15) is 37.0 Å². The number of amides is 1. The Bertz CT molecular complexity index is 730. The van der Waals surface area contributed by atoms with Crippen LogP contribution < -0.4 is 5.32 Å². The molecule has 0 aliphatic carbocycles. The Morgan fingerprint density at radius 2 is 2.25 bits per heavy atom. The molecule has 0 bridgehead atoms. The van der Waals surface area contributed by atoms with Gasteiger partial charge in [-0.1, -0.05) is 6.92 Å². The van der Waals surface area contributed by atoms with Gasteiger partial charge in [0.1, 0.15) is 5.69 Å². The van der Waals surface area contributed by atoms with E-state index in [0.717, 1.165) is 0 Å². The largest absolute Gasteiger partial charge is 0.396 e. The Morgan fingerprint density at radius 3 is 2.79 bits per heavy atom. The maximum Gasteiger partial charge on any atom is 0.294 e. The number of nitro groups is 1. The third-order valence-electron chi connectivity index (χ3n) is 4.08. The Hall–Kier alpha value is -2.74. The fourth-order valence-corrected chi connectivity index (χ4v) is 2.35. The summed E-state index contributed by atoms with van der Waals surface area (Å²) in [7, 11) is 0. The van der Waals surface area contributed by atoms with Gasteiger partial charge >= 0.3 is 0 Å². The topological polar surface area (TPSA) is 110 Å². The van der Waals surface area contributed by atoms with Crippen LogP contribution in [0.4, 0.5) is 5.69 Å². The van der Waals surface area contributed by atoms with Crippen LogP contribution in [0, 0.1) is 10.1 Å². The van der Waals surface area contributed by atoms with Gasteiger partial charge in [-0.15, -0.1) is 0 Å². The lowest BCUT2D eigenvalue weighted by Gasteiger charge is -2.29. The number of imidazole rings is 1. The van der Waals surface area contributed by atoms with E-state index in [1.165, 1.54) is 35.3 Å². The molecule has 0 radical (unpaired) electrons. The minimum atomic E-state index is -0.566. The first-order chi connectivity index (χ1) is 11.4. The van der Waals surface area contributed by atoms with Crippen molar-refractivity contribution < 1.29 is 14.8 Å². The Morgan fingerprint density at radius 1 is 1.50 bits per heavy atom. The maximum absolute atomic E-state index is 12.4. The number of aliphatic hydroxyl groups is 1. The Balaban J connectivity index is 2.33. The molecule has 0 saturated carbocycles. The number of aliphatic hydroxyl groups excluding tert-OH is 1. The summed E-state index contributed by atoms with van der Waals surface area (Å²) in [5, 5.41) is 23.3. The number of hydrogen-bond acceptors (Lipinski definition) is 5. The highest BCUT2D eigenvalue weighted by Gasteiger charge is 2.26. The molecule has 128 valence electrons. The molecule has 8 heteroatoms. The van der Waals surface area contributed by atoms with Crippen LogP contribution in [0.2, 0.25) is 0 Å². The lowest BCUT2D eigenvalue weighted by molar-refractivity contribution is -0.384. The number of nitrogens with zero attached hydrogens (tertiary/aromatic N) is 3. The van der Waals surface area contributed by atoms with Crippen molar-refractivity contribution in [3.63, 3.8) is 0 Å². The summed E-state index contributed by atoms with van der Waals surface area (Å²) < 4.78 is 1.52. The van der Waals surface area contributed by atoms with Crippen LogP contribution in [0.25, 0.3) is 5.69 Å². The minimum absolute atomic E-state index is 0.0513. The molecule has 24 heavy (non-hydrogen) atoms. The standard InChI is InChI=1S/C16H20N4O4/c1-3-16(2,6-9-21)18-15(22)12-4-5-13(14(10-12)20(23)24)19-8-7-17-11-19/h4-5,7-8,10-11,21H,3,6,9H2,1-2H3,(H,18,22). The van der Waals surface area contributed by atoms with Crippen LogP contribution in [0.15, 0.2) is 36.9 Å². The molecular formula is C16H20N4O4. The Labute approximate surface area is 139 Å². The maximum atomic E-state index is 12.4. The highest BCUT2D eigenvalue weighted by Crippen LogP contribution is 2.25. The third kappa shape index (κ3) is 3.77. The molecule has 2 aromatic rings. The average Bonchev–Trinajstić information content (AvgIpc) is 3.08. The Kier molecular flexibility index (Phi) is 5.30. The van der Waals surface area contributed by atoms with Crippen molar-refractivity contribution in [3.8, 4) is 5.69 Å². The second kappa shape index (κ2) is 7.22. The zero-order chi connectivity index (χ0) is 17.7. The molecule has 1 aromatic carbocycles. The van der Waals surface area contributed by atoms with Gasteiger partial charge in [-0.2, -0.15) is 0 Å².